The fourth-order valence-corrected chi connectivity index (χ4v) is 4.57. The zero-order valence-electron chi connectivity index (χ0n) is 10.6. The molecule has 0 radical (unpaired) electrons. The minimum Gasteiger partial charge on any atom is -0.480 e. The van der Waals surface area contributed by atoms with E-state index >= 15 is 0 Å². The molecule has 0 aromatic carbocycles. The number of hydrogen-bond donors (Lipinski definition) is 1. The number of nitrogens with zero attached hydrogens (tertiary/aromatic N) is 2. The van der Waals surface area contributed by atoms with Crippen molar-refractivity contribution in [2.24, 2.45) is 0 Å². The van der Waals surface area contributed by atoms with Crippen LogP contribution < -0.4 is 0 Å². The summed E-state index contributed by atoms with van der Waals surface area (Å²) in [5.41, 5.74) is 0. The number of aliphatic carboxylic acids is 1. The second kappa shape index (κ2) is 6.16. The Morgan fingerprint density at radius 3 is 1.79 bits per heavy atom. The Kier molecular flexibility index (Phi) is 5.30. The normalized spacial score (nSPS) is 19.4. The second-order valence-electron chi connectivity index (χ2n) is 4.26. The summed E-state index contributed by atoms with van der Waals surface area (Å²) in [4.78, 5) is 10.5. The van der Waals surface area contributed by atoms with E-state index in [1.807, 2.05) is 0 Å². The van der Waals surface area contributed by atoms with Crippen LogP contribution in [0.5, 0.6) is 0 Å². The Hall–Kier alpha value is -0.710. The smallest absolute Gasteiger partial charge is 0.320 e. The number of carboxylic acids is 1. The highest BCUT2D eigenvalue weighted by Gasteiger charge is 2.32. The van der Waals surface area contributed by atoms with Gasteiger partial charge in [-0.1, -0.05) is 6.92 Å². The summed E-state index contributed by atoms with van der Waals surface area (Å²) in [5, 5.41) is 8.52. The first-order valence-corrected chi connectivity index (χ1v) is 9.08. The van der Waals surface area contributed by atoms with Gasteiger partial charge in [0.2, 0.25) is 20.0 Å². The van der Waals surface area contributed by atoms with Gasteiger partial charge in [0, 0.05) is 26.2 Å². The molecule has 0 amide bonds. The summed E-state index contributed by atoms with van der Waals surface area (Å²) in [6.45, 7) is 1.89. The van der Waals surface area contributed by atoms with Crippen molar-refractivity contribution in [3.05, 3.63) is 0 Å². The van der Waals surface area contributed by atoms with Gasteiger partial charge < -0.3 is 5.11 Å². The summed E-state index contributed by atoms with van der Waals surface area (Å²) in [7, 11) is -7.18. The van der Waals surface area contributed by atoms with Crippen molar-refractivity contribution in [2.75, 3.05) is 37.7 Å². The van der Waals surface area contributed by atoms with Gasteiger partial charge in [0.1, 0.15) is 0 Å². The summed E-state index contributed by atoms with van der Waals surface area (Å²) >= 11 is 0. The van der Waals surface area contributed by atoms with E-state index in [4.69, 9.17) is 5.11 Å². The average Bonchev–Trinajstić information content (AvgIpc) is 2.27. The van der Waals surface area contributed by atoms with E-state index in [0.717, 1.165) is 4.31 Å². The molecule has 1 aliphatic rings. The van der Waals surface area contributed by atoms with Crippen molar-refractivity contribution in [1.82, 2.24) is 8.61 Å². The van der Waals surface area contributed by atoms with Gasteiger partial charge in [-0.15, -0.1) is 0 Å². The van der Waals surface area contributed by atoms with Gasteiger partial charge in [-0.3, -0.25) is 4.79 Å². The zero-order valence-corrected chi connectivity index (χ0v) is 12.3. The molecule has 0 spiro atoms. The third-order valence-electron chi connectivity index (χ3n) is 2.75. The van der Waals surface area contributed by atoms with Gasteiger partial charge >= 0.3 is 5.97 Å². The summed E-state index contributed by atoms with van der Waals surface area (Å²) in [6, 6.07) is 0. The Bertz CT molecular complexity index is 519. The van der Waals surface area contributed by atoms with Crippen LogP contribution in [0.3, 0.4) is 0 Å². The third kappa shape index (κ3) is 4.41. The lowest BCUT2D eigenvalue weighted by atomic mass is 10.4. The molecule has 0 bridgehead atoms. The van der Waals surface area contributed by atoms with Crippen molar-refractivity contribution in [3.8, 4) is 0 Å². The lowest BCUT2D eigenvalue weighted by Gasteiger charge is -2.32. The lowest BCUT2D eigenvalue weighted by molar-refractivity contribution is -0.134. The summed E-state index contributed by atoms with van der Waals surface area (Å²) in [6.07, 6.45) is 0.500. The highest BCUT2D eigenvalue weighted by atomic mass is 32.2. The molecule has 112 valence electrons. The maximum absolute atomic E-state index is 11.8. The SMILES string of the molecule is CCCS(=O)(=O)N1CCN(S(=O)(=O)CC(=O)O)CC1. The van der Waals surface area contributed by atoms with Gasteiger partial charge in [-0.2, -0.15) is 8.61 Å². The fourth-order valence-electron chi connectivity index (χ4n) is 1.86. The molecule has 0 aliphatic carbocycles. The number of piperazine rings is 1. The van der Waals surface area contributed by atoms with Gasteiger partial charge in [0.25, 0.3) is 0 Å². The molecule has 10 heteroatoms. The topological polar surface area (TPSA) is 112 Å². The predicted octanol–water partition coefficient (Wildman–Crippen LogP) is -1.24. The Morgan fingerprint density at radius 2 is 1.42 bits per heavy atom. The number of sulfonamides is 2. The quantitative estimate of drug-likeness (QED) is 0.656. The molecule has 1 aliphatic heterocycles. The fraction of sp³-hybridized carbons (Fsp3) is 0.889. The number of carboxylic acid groups (broad SMARTS) is 1. The van der Waals surface area contributed by atoms with E-state index in [-0.39, 0.29) is 31.9 Å². The summed E-state index contributed by atoms with van der Waals surface area (Å²) < 4.78 is 49.2. The van der Waals surface area contributed by atoms with E-state index in [1.54, 1.807) is 6.92 Å². The number of hydrogen-bond acceptors (Lipinski definition) is 5. The van der Waals surface area contributed by atoms with Crippen molar-refractivity contribution in [1.29, 1.82) is 0 Å². The standard InChI is InChI=1S/C9H18N2O6S2/c1-2-7-18(14,15)10-3-5-11(6-4-10)19(16,17)8-9(12)13/h2-8H2,1H3,(H,12,13). The molecule has 1 N–H and O–H groups in total. The Labute approximate surface area is 113 Å². The van der Waals surface area contributed by atoms with Crippen LogP contribution in [0.25, 0.3) is 0 Å². The van der Waals surface area contributed by atoms with Crippen LogP contribution in [-0.4, -0.2) is 74.2 Å². The monoisotopic (exact) mass is 314 g/mol. The number of rotatable bonds is 6. The average molecular weight is 314 g/mol. The summed E-state index contributed by atoms with van der Waals surface area (Å²) in [5.74, 6) is -2.34. The predicted molar refractivity (Wildman–Crippen MR) is 68.6 cm³/mol. The minimum absolute atomic E-state index is 0.00143. The molecular formula is C9H18N2O6S2. The van der Waals surface area contributed by atoms with E-state index in [2.05, 4.69) is 0 Å². The highest BCUT2D eigenvalue weighted by Crippen LogP contribution is 2.12. The van der Waals surface area contributed by atoms with Gasteiger partial charge in [-0.05, 0) is 6.42 Å². The molecular weight excluding hydrogens is 296 g/mol. The van der Waals surface area contributed by atoms with Crippen molar-refractivity contribution in [3.63, 3.8) is 0 Å². The van der Waals surface area contributed by atoms with E-state index in [9.17, 15) is 21.6 Å². The van der Waals surface area contributed by atoms with Crippen LogP contribution in [0.2, 0.25) is 0 Å². The largest absolute Gasteiger partial charge is 0.480 e. The molecule has 0 aromatic heterocycles. The first kappa shape index (κ1) is 16.3. The third-order valence-corrected chi connectivity index (χ3v) is 6.59. The maximum atomic E-state index is 11.8. The maximum Gasteiger partial charge on any atom is 0.320 e. The lowest BCUT2D eigenvalue weighted by Crippen LogP contribution is -2.51. The highest BCUT2D eigenvalue weighted by molar-refractivity contribution is 7.90. The first-order valence-electron chi connectivity index (χ1n) is 5.86. The van der Waals surface area contributed by atoms with Crippen LogP contribution in [0, 0.1) is 0 Å². The van der Waals surface area contributed by atoms with E-state index in [1.165, 1.54) is 4.31 Å². The first-order chi connectivity index (χ1) is 8.69. The van der Waals surface area contributed by atoms with Crippen LogP contribution in [0.15, 0.2) is 0 Å². The zero-order chi connectivity index (χ0) is 14.7. The molecule has 1 fully saturated rings. The molecule has 8 nitrogen and oxygen atoms in total. The van der Waals surface area contributed by atoms with E-state index in [0.29, 0.717) is 6.42 Å². The van der Waals surface area contributed by atoms with Crippen molar-refractivity contribution < 1.29 is 26.7 Å². The van der Waals surface area contributed by atoms with Crippen molar-refractivity contribution in [2.45, 2.75) is 13.3 Å². The molecule has 0 saturated carbocycles. The van der Waals surface area contributed by atoms with Crippen molar-refractivity contribution >= 4 is 26.0 Å². The number of carbonyl (C=O) groups is 1. The Morgan fingerprint density at radius 1 is 1.00 bits per heavy atom. The van der Waals surface area contributed by atoms with Crippen LogP contribution in [-0.2, 0) is 24.8 Å². The van der Waals surface area contributed by atoms with Crippen LogP contribution in [0.4, 0.5) is 0 Å². The molecule has 0 unspecified atom stereocenters. The van der Waals surface area contributed by atoms with Gasteiger partial charge in [-0.25, -0.2) is 16.8 Å². The van der Waals surface area contributed by atoms with Gasteiger partial charge in [0.05, 0.1) is 5.75 Å². The molecule has 19 heavy (non-hydrogen) atoms. The molecule has 1 rings (SSSR count). The molecule has 1 saturated heterocycles. The van der Waals surface area contributed by atoms with E-state index < -0.39 is 31.8 Å². The van der Waals surface area contributed by atoms with Crippen LogP contribution in [0.1, 0.15) is 13.3 Å². The molecule has 0 aromatic rings. The molecule has 1 heterocycles. The minimum atomic E-state index is -3.85. The molecule has 0 atom stereocenters. The van der Waals surface area contributed by atoms with Crippen LogP contribution >= 0.6 is 0 Å². The van der Waals surface area contributed by atoms with Gasteiger partial charge in [0.15, 0.2) is 5.75 Å². The second-order valence-corrected chi connectivity index (χ2v) is 8.32. The Balaban J connectivity index is 2.66.